The summed E-state index contributed by atoms with van der Waals surface area (Å²) < 4.78 is 11.1. The Morgan fingerprint density at radius 3 is 2.42 bits per heavy atom. The van der Waals surface area contributed by atoms with Crippen molar-refractivity contribution in [2.45, 2.75) is 5.38 Å². The highest BCUT2D eigenvalue weighted by molar-refractivity contribution is 6.30. The predicted molar refractivity (Wildman–Crippen MR) is 121 cm³/mol. The van der Waals surface area contributed by atoms with Gasteiger partial charge in [-0.15, -0.1) is 11.6 Å². The molecular weight excluding hydrogens is 414 g/mol. The Bertz CT molecular complexity index is 1150. The number of carbonyl (C=O) groups excluding carboxylic acids is 2. The molecule has 0 aliphatic carbocycles. The van der Waals surface area contributed by atoms with Crippen LogP contribution in [0.1, 0.15) is 26.9 Å². The number of allylic oxidation sites excluding steroid dienone is 1. The Hall–Kier alpha value is -3.57. The fourth-order valence-corrected chi connectivity index (χ4v) is 3.37. The zero-order chi connectivity index (χ0) is 22.0. The minimum Gasteiger partial charge on any atom is -0.452 e. The maximum atomic E-state index is 12.7. The molecule has 1 aliphatic rings. The summed E-state index contributed by atoms with van der Waals surface area (Å²) in [6, 6.07) is 21.4. The number of alkyl halides is 1. The number of anilines is 1. The first-order valence-corrected chi connectivity index (χ1v) is 10.1. The number of ether oxygens (including phenoxy) is 2. The Labute approximate surface area is 185 Å². The number of hydrogen-bond acceptors (Lipinski definition) is 5. The molecule has 0 saturated heterocycles. The molecule has 0 amide bonds. The lowest BCUT2D eigenvalue weighted by Gasteiger charge is -2.11. The number of carbonyl (C=O) groups is 2. The van der Waals surface area contributed by atoms with Gasteiger partial charge in [0.05, 0.1) is 5.56 Å². The lowest BCUT2D eigenvalue weighted by molar-refractivity contribution is -0.134. The van der Waals surface area contributed by atoms with Crippen LogP contribution in [0, 0.1) is 0 Å². The summed E-state index contributed by atoms with van der Waals surface area (Å²) >= 11 is 6.22. The molecule has 0 saturated carbocycles. The van der Waals surface area contributed by atoms with Gasteiger partial charge in [-0.1, -0.05) is 42.5 Å². The van der Waals surface area contributed by atoms with Crippen LogP contribution in [0.5, 0.6) is 11.5 Å². The van der Waals surface area contributed by atoms with Crippen LogP contribution in [0.25, 0.3) is 6.08 Å². The average molecular weight is 434 g/mol. The van der Waals surface area contributed by atoms with E-state index in [1.165, 1.54) is 6.07 Å². The van der Waals surface area contributed by atoms with Crippen molar-refractivity contribution in [1.29, 1.82) is 0 Å². The molecule has 31 heavy (non-hydrogen) atoms. The van der Waals surface area contributed by atoms with Gasteiger partial charge in [-0.05, 0) is 41.5 Å². The number of nitrogens with zero attached hydrogens (tertiary/aromatic N) is 1. The molecule has 1 aliphatic heterocycles. The second-order valence-corrected chi connectivity index (χ2v) is 7.71. The largest absolute Gasteiger partial charge is 0.452 e. The second-order valence-electron chi connectivity index (χ2n) is 7.28. The number of hydrogen-bond donors (Lipinski definition) is 0. The van der Waals surface area contributed by atoms with Crippen molar-refractivity contribution in [3.63, 3.8) is 0 Å². The molecule has 3 aromatic rings. The summed E-state index contributed by atoms with van der Waals surface area (Å²) in [5, 5.41) is -0.933. The fraction of sp³-hybridized carbons (Fsp3) is 0.120. The van der Waals surface area contributed by atoms with Crippen molar-refractivity contribution in [3.05, 3.63) is 95.2 Å². The summed E-state index contributed by atoms with van der Waals surface area (Å²) in [6.45, 7) is 0. The molecule has 0 bridgehead atoms. The van der Waals surface area contributed by atoms with Crippen LogP contribution in [0.15, 0.2) is 78.6 Å². The molecule has 3 aromatic carbocycles. The maximum Gasteiger partial charge on any atom is 0.334 e. The van der Waals surface area contributed by atoms with Crippen molar-refractivity contribution in [2.24, 2.45) is 0 Å². The number of fused-ring (bicyclic) bond motifs is 1. The number of benzene rings is 3. The highest BCUT2D eigenvalue weighted by Crippen LogP contribution is 2.35. The first kappa shape index (κ1) is 20.7. The van der Waals surface area contributed by atoms with Crippen molar-refractivity contribution >= 4 is 35.1 Å². The number of rotatable bonds is 5. The van der Waals surface area contributed by atoms with E-state index in [-0.39, 0.29) is 17.3 Å². The van der Waals surface area contributed by atoms with Crippen LogP contribution in [0.4, 0.5) is 5.69 Å². The molecule has 156 valence electrons. The molecule has 1 atom stereocenters. The minimum absolute atomic E-state index is 0.218. The van der Waals surface area contributed by atoms with E-state index in [0.29, 0.717) is 16.9 Å². The third-order valence-electron chi connectivity index (χ3n) is 4.87. The summed E-state index contributed by atoms with van der Waals surface area (Å²) in [7, 11) is 3.93. The van der Waals surface area contributed by atoms with Gasteiger partial charge in [-0.2, -0.15) is 0 Å². The molecule has 0 radical (unpaired) electrons. The number of halogens is 1. The third-order valence-corrected chi connectivity index (χ3v) is 5.30. The van der Waals surface area contributed by atoms with Crippen LogP contribution in [0.2, 0.25) is 0 Å². The van der Waals surface area contributed by atoms with Gasteiger partial charge in [0.2, 0.25) is 5.78 Å². The fourth-order valence-electron chi connectivity index (χ4n) is 3.18. The molecule has 0 spiro atoms. The maximum absolute atomic E-state index is 12.7. The van der Waals surface area contributed by atoms with Gasteiger partial charge in [0.25, 0.3) is 0 Å². The van der Waals surface area contributed by atoms with Gasteiger partial charge in [0, 0.05) is 25.8 Å². The zero-order valence-corrected chi connectivity index (χ0v) is 17.8. The normalized spacial score (nSPS) is 14.7. The van der Waals surface area contributed by atoms with E-state index in [2.05, 4.69) is 0 Å². The van der Waals surface area contributed by atoms with E-state index in [4.69, 9.17) is 21.1 Å². The molecule has 0 aromatic heterocycles. The van der Waals surface area contributed by atoms with E-state index in [0.717, 1.165) is 11.3 Å². The van der Waals surface area contributed by atoms with Crippen LogP contribution < -0.4 is 14.4 Å². The van der Waals surface area contributed by atoms with Gasteiger partial charge >= 0.3 is 5.97 Å². The van der Waals surface area contributed by atoms with E-state index in [1.807, 2.05) is 49.3 Å². The molecule has 4 rings (SSSR count). The van der Waals surface area contributed by atoms with Gasteiger partial charge < -0.3 is 14.4 Å². The minimum atomic E-state index is -0.933. The molecule has 0 fully saturated rings. The summed E-state index contributed by atoms with van der Waals surface area (Å²) in [6.07, 6.45) is 1.69. The molecule has 0 N–H and O–H groups in total. The molecule has 1 unspecified atom stereocenters. The highest BCUT2D eigenvalue weighted by atomic mass is 35.5. The van der Waals surface area contributed by atoms with Crippen LogP contribution in [-0.4, -0.2) is 25.8 Å². The van der Waals surface area contributed by atoms with Gasteiger partial charge in [0.15, 0.2) is 11.1 Å². The number of esters is 1. The van der Waals surface area contributed by atoms with Crippen molar-refractivity contribution in [3.8, 4) is 11.5 Å². The molecule has 1 heterocycles. The smallest absolute Gasteiger partial charge is 0.334 e. The lowest BCUT2D eigenvalue weighted by Crippen LogP contribution is -2.14. The lowest BCUT2D eigenvalue weighted by atomic mass is 10.1. The van der Waals surface area contributed by atoms with Gasteiger partial charge in [0.1, 0.15) is 11.5 Å². The van der Waals surface area contributed by atoms with Crippen molar-refractivity contribution in [1.82, 2.24) is 0 Å². The van der Waals surface area contributed by atoms with Gasteiger partial charge in [-0.25, -0.2) is 4.79 Å². The monoisotopic (exact) mass is 433 g/mol. The van der Waals surface area contributed by atoms with Crippen LogP contribution >= 0.6 is 11.6 Å². The second kappa shape index (κ2) is 8.66. The molecule has 6 heteroatoms. The van der Waals surface area contributed by atoms with Crippen molar-refractivity contribution < 1.29 is 19.1 Å². The van der Waals surface area contributed by atoms with Gasteiger partial charge in [-0.3, -0.25) is 4.79 Å². The Morgan fingerprint density at radius 2 is 1.74 bits per heavy atom. The Morgan fingerprint density at radius 1 is 1.03 bits per heavy atom. The van der Waals surface area contributed by atoms with Crippen LogP contribution in [-0.2, 0) is 4.79 Å². The molecule has 5 nitrogen and oxygen atoms in total. The SMILES string of the molecule is CN(C)c1ccc(/C=C2\Oc3cc(OC(=O)C(Cl)c4ccccc4)ccc3C2=O)cc1. The summed E-state index contributed by atoms with van der Waals surface area (Å²) in [5.41, 5.74) is 2.97. The van der Waals surface area contributed by atoms with E-state index < -0.39 is 11.3 Å². The number of Topliss-reactive ketones (excluding diaryl/α,β-unsaturated/α-hetero) is 1. The zero-order valence-electron chi connectivity index (χ0n) is 17.0. The average Bonchev–Trinajstić information content (AvgIpc) is 3.08. The quantitative estimate of drug-likeness (QED) is 0.238. The van der Waals surface area contributed by atoms with E-state index >= 15 is 0 Å². The first-order chi connectivity index (χ1) is 14.9. The first-order valence-electron chi connectivity index (χ1n) is 9.69. The predicted octanol–water partition coefficient (Wildman–Crippen LogP) is 5.25. The summed E-state index contributed by atoms with van der Waals surface area (Å²) in [4.78, 5) is 27.1. The summed E-state index contributed by atoms with van der Waals surface area (Å²) in [5.74, 6) is 0.000512. The van der Waals surface area contributed by atoms with Crippen molar-refractivity contribution in [2.75, 3.05) is 19.0 Å². The highest BCUT2D eigenvalue weighted by Gasteiger charge is 2.28. The Balaban J connectivity index is 1.49. The standard InChI is InChI=1S/C25H20ClNO4/c1-27(2)18-10-8-16(9-11-18)14-22-24(28)20-13-12-19(15-21(20)31-22)30-25(29)23(26)17-6-4-3-5-7-17/h3-15,23H,1-2H3/b22-14-. The number of ketones is 1. The van der Waals surface area contributed by atoms with Crippen LogP contribution in [0.3, 0.4) is 0 Å². The molecular formula is C25H20ClNO4. The Kier molecular flexibility index (Phi) is 5.78. The topological polar surface area (TPSA) is 55.8 Å². The van der Waals surface area contributed by atoms with E-state index in [9.17, 15) is 9.59 Å². The van der Waals surface area contributed by atoms with E-state index in [1.54, 1.807) is 42.5 Å². The third kappa shape index (κ3) is 4.47.